The van der Waals surface area contributed by atoms with E-state index in [4.69, 9.17) is 4.74 Å². The maximum atomic E-state index is 12.6. The zero-order valence-electron chi connectivity index (χ0n) is 18.0. The van der Waals surface area contributed by atoms with Gasteiger partial charge in [-0.3, -0.25) is 10.2 Å². The number of fused-ring (bicyclic) bond motifs is 1. The Morgan fingerprint density at radius 3 is 2.41 bits per heavy atom. The van der Waals surface area contributed by atoms with E-state index in [9.17, 15) is 9.90 Å². The van der Waals surface area contributed by atoms with Crippen molar-refractivity contribution in [2.24, 2.45) is 11.8 Å². The number of hydrogen-bond donors (Lipinski definition) is 2. The van der Waals surface area contributed by atoms with E-state index in [0.717, 1.165) is 54.9 Å². The van der Waals surface area contributed by atoms with Gasteiger partial charge in [-0.25, -0.2) is 4.79 Å². The fourth-order valence-corrected chi connectivity index (χ4v) is 5.23. The molecule has 0 aromatic heterocycles. The van der Waals surface area contributed by atoms with Crippen molar-refractivity contribution in [2.75, 3.05) is 18.4 Å². The topological polar surface area (TPSA) is 61.8 Å². The number of ether oxygens (including phenoxy) is 1. The highest BCUT2D eigenvalue weighted by Gasteiger charge is 2.42. The molecule has 164 valence electrons. The molecule has 5 nitrogen and oxygen atoms in total. The quantitative estimate of drug-likeness (QED) is 0.562. The van der Waals surface area contributed by atoms with Crippen molar-refractivity contribution in [3.63, 3.8) is 0 Å². The first-order chi connectivity index (χ1) is 15.6. The summed E-state index contributed by atoms with van der Waals surface area (Å²) in [6.07, 6.45) is 1.41. The highest BCUT2D eigenvalue weighted by atomic mass is 16.6. The van der Waals surface area contributed by atoms with Gasteiger partial charge in [0, 0.05) is 25.2 Å². The zero-order valence-corrected chi connectivity index (χ0v) is 18.0. The Morgan fingerprint density at radius 1 is 0.938 bits per heavy atom. The minimum atomic E-state index is -0.380. The van der Waals surface area contributed by atoms with Crippen molar-refractivity contribution in [3.05, 3.63) is 84.4 Å². The van der Waals surface area contributed by atoms with Gasteiger partial charge in [-0.15, -0.1) is 0 Å². The predicted octanol–water partition coefficient (Wildman–Crippen LogP) is 5.52. The molecule has 3 aromatic rings. The molecular weight excluding hydrogens is 400 g/mol. The molecule has 0 radical (unpaired) electrons. The molecule has 0 spiro atoms. The minimum Gasteiger partial charge on any atom is -0.508 e. The molecule has 0 bridgehead atoms. The second-order valence-corrected chi connectivity index (χ2v) is 8.92. The fraction of sp³-hybridized carbons (Fsp3) is 0.296. The molecule has 1 amide bonds. The van der Waals surface area contributed by atoms with Gasteiger partial charge in [-0.2, -0.15) is 0 Å². The average Bonchev–Trinajstić information content (AvgIpc) is 3.32. The van der Waals surface area contributed by atoms with E-state index >= 15 is 0 Å². The molecular formula is C27H28N2O3. The fourth-order valence-electron chi connectivity index (χ4n) is 5.23. The summed E-state index contributed by atoms with van der Waals surface area (Å²) in [5, 5.41) is 12.6. The lowest BCUT2D eigenvalue weighted by atomic mass is 10.0. The molecule has 5 heteroatoms. The van der Waals surface area contributed by atoms with Gasteiger partial charge >= 0.3 is 6.09 Å². The summed E-state index contributed by atoms with van der Waals surface area (Å²) in [5.74, 6) is 1.43. The van der Waals surface area contributed by atoms with Crippen LogP contribution in [0.4, 0.5) is 10.5 Å². The minimum absolute atomic E-state index is 0.0307. The summed E-state index contributed by atoms with van der Waals surface area (Å²) in [6, 6.07) is 25.3. The molecule has 5 rings (SSSR count). The zero-order chi connectivity index (χ0) is 21.9. The summed E-state index contributed by atoms with van der Waals surface area (Å²) in [4.78, 5) is 15.1. The van der Waals surface area contributed by atoms with E-state index in [-0.39, 0.29) is 12.2 Å². The Kier molecular flexibility index (Phi) is 5.82. The normalized spacial score (nSPS) is 22.4. The molecule has 3 atom stereocenters. The van der Waals surface area contributed by atoms with Crippen LogP contribution in [0.2, 0.25) is 0 Å². The van der Waals surface area contributed by atoms with Crippen LogP contribution in [0.3, 0.4) is 0 Å². The van der Waals surface area contributed by atoms with Crippen LogP contribution in [0, 0.1) is 11.8 Å². The number of carbonyl (C=O) groups is 1. The number of carbonyl (C=O) groups excluding carboxylic acids is 1. The van der Waals surface area contributed by atoms with Gasteiger partial charge in [0.15, 0.2) is 0 Å². The Labute approximate surface area is 188 Å². The molecule has 2 aliphatic rings. The van der Waals surface area contributed by atoms with Crippen molar-refractivity contribution >= 4 is 11.8 Å². The number of hydrogen-bond acceptors (Lipinski definition) is 4. The summed E-state index contributed by atoms with van der Waals surface area (Å²) in [5.41, 5.74) is 3.94. The third-order valence-corrected chi connectivity index (χ3v) is 6.62. The molecule has 1 saturated heterocycles. The third kappa shape index (κ3) is 4.63. The van der Waals surface area contributed by atoms with Crippen LogP contribution in [-0.4, -0.2) is 35.3 Å². The van der Waals surface area contributed by atoms with Crippen molar-refractivity contribution in [1.29, 1.82) is 0 Å². The van der Waals surface area contributed by atoms with Crippen LogP contribution in [0.25, 0.3) is 11.1 Å². The molecule has 1 saturated carbocycles. The van der Waals surface area contributed by atoms with Crippen LogP contribution in [0.15, 0.2) is 78.9 Å². The molecule has 2 fully saturated rings. The van der Waals surface area contributed by atoms with Crippen molar-refractivity contribution in [2.45, 2.75) is 25.5 Å². The number of phenolic OH excluding ortho intramolecular Hbond substituents is 1. The van der Waals surface area contributed by atoms with Crippen molar-refractivity contribution in [3.8, 4) is 16.9 Å². The first kappa shape index (κ1) is 20.6. The summed E-state index contributed by atoms with van der Waals surface area (Å²) < 4.78 is 5.81. The number of anilines is 1. The maximum Gasteiger partial charge on any atom is 0.411 e. The van der Waals surface area contributed by atoms with Gasteiger partial charge in [0.2, 0.25) is 0 Å². The molecule has 1 aliphatic heterocycles. The molecule has 1 unspecified atom stereocenters. The molecule has 3 aromatic carbocycles. The van der Waals surface area contributed by atoms with Crippen LogP contribution in [-0.2, 0) is 11.3 Å². The average molecular weight is 429 g/mol. The van der Waals surface area contributed by atoms with Gasteiger partial charge in [-0.1, -0.05) is 60.7 Å². The lowest BCUT2D eigenvalue weighted by Crippen LogP contribution is -2.25. The smallest absolute Gasteiger partial charge is 0.411 e. The maximum absolute atomic E-state index is 12.6. The van der Waals surface area contributed by atoms with Gasteiger partial charge < -0.3 is 9.84 Å². The Hall–Kier alpha value is -3.31. The highest BCUT2D eigenvalue weighted by Crippen LogP contribution is 2.40. The number of nitrogens with one attached hydrogen (secondary N) is 1. The van der Waals surface area contributed by atoms with E-state index < -0.39 is 0 Å². The lowest BCUT2D eigenvalue weighted by Gasteiger charge is -2.20. The number of likely N-dealkylation sites (tertiary alicyclic amines) is 1. The third-order valence-electron chi connectivity index (χ3n) is 6.62. The molecule has 32 heavy (non-hydrogen) atoms. The number of aromatic hydroxyl groups is 1. The number of rotatable bonds is 5. The molecule has 2 N–H and O–H groups in total. The number of amides is 1. The van der Waals surface area contributed by atoms with Gasteiger partial charge in [-0.05, 0) is 54.0 Å². The number of nitrogens with zero attached hydrogens (tertiary/aromatic N) is 1. The van der Waals surface area contributed by atoms with Gasteiger partial charge in [0.25, 0.3) is 0 Å². The van der Waals surface area contributed by atoms with Crippen LogP contribution in [0.1, 0.15) is 18.4 Å². The monoisotopic (exact) mass is 428 g/mol. The van der Waals surface area contributed by atoms with Crippen LogP contribution >= 0.6 is 0 Å². The first-order valence-corrected chi connectivity index (χ1v) is 11.3. The highest BCUT2D eigenvalue weighted by molar-refractivity contribution is 5.91. The SMILES string of the molecule is O=C(Nc1ccccc1-c1ccccc1)OC1C[C@@H]2CN(Cc3cccc(O)c3)C[C@@H]2C1. The van der Waals surface area contributed by atoms with Crippen LogP contribution < -0.4 is 5.32 Å². The summed E-state index contributed by atoms with van der Waals surface area (Å²) in [6.45, 7) is 2.88. The molecule has 1 aliphatic carbocycles. The van der Waals surface area contributed by atoms with Crippen LogP contribution in [0.5, 0.6) is 5.75 Å². The number of para-hydroxylation sites is 1. The number of phenols is 1. The Bertz CT molecular complexity index is 1070. The predicted molar refractivity (Wildman–Crippen MR) is 125 cm³/mol. The van der Waals surface area contributed by atoms with E-state index in [2.05, 4.69) is 16.3 Å². The lowest BCUT2D eigenvalue weighted by molar-refractivity contribution is 0.105. The number of benzene rings is 3. The van der Waals surface area contributed by atoms with E-state index in [1.165, 1.54) is 0 Å². The molecule has 1 heterocycles. The second kappa shape index (κ2) is 9.05. The van der Waals surface area contributed by atoms with Crippen molar-refractivity contribution in [1.82, 2.24) is 4.90 Å². The van der Waals surface area contributed by atoms with E-state index in [0.29, 0.717) is 17.6 Å². The second-order valence-electron chi connectivity index (χ2n) is 8.92. The standard InChI is InChI=1S/C27H28N2O3/c30-23-10-6-7-19(13-23)16-29-17-21-14-24(15-22(21)18-29)32-27(31)28-26-12-5-4-11-25(26)20-8-2-1-3-9-20/h1-13,21-22,24,30H,14-18H2,(H,28,31)/t21-,22+,24?. The van der Waals surface area contributed by atoms with Gasteiger partial charge in [0.05, 0.1) is 5.69 Å². The Balaban J connectivity index is 1.15. The summed E-state index contributed by atoms with van der Waals surface area (Å²) >= 11 is 0. The van der Waals surface area contributed by atoms with E-state index in [1.807, 2.05) is 66.7 Å². The summed E-state index contributed by atoms with van der Waals surface area (Å²) in [7, 11) is 0. The Morgan fingerprint density at radius 2 is 1.66 bits per heavy atom. The first-order valence-electron chi connectivity index (χ1n) is 11.3. The van der Waals surface area contributed by atoms with Gasteiger partial charge in [0.1, 0.15) is 11.9 Å². The van der Waals surface area contributed by atoms with E-state index in [1.54, 1.807) is 6.07 Å². The van der Waals surface area contributed by atoms with Crippen molar-refractivity contribution < 1.29 is 14.6 Å². The largest absolute Gasteiger partial charge is 0.508 e.